The molecule has 134 valence electrons. The van der Waals surface area contributed by atoms with E-state index < -0.39 is 0 Å². The van der Waals surface area contributed by atoms with Crippen LogP contribution in [0.4, 0.5) is 0 Å². The van der Waals surface area contributed by atoms with Crippen molar-refractivity contribution in [3.63, 3.8) is 0 Å². The topological polar surface area (TPSA) is 61.2 Å². The van der Waals surface area contributed by atoms with Crippen molar-refractivity contribution in [3.05, 3.63) is 11.9 Å². The Kier molecular flexibility index (Phi) is 9.36. The molecule has 0 amide bonds. The quantitative estimate of drug-likeness (QED) is 0.598. The van der Waals surface area contributed by atoms with Gasteiger partial charge < -0.3 is 14.8 Å². The fourth-order valence-electron chi connectivity index (χ4n) is 2.38. The molecule has 0 radical (unpaired) electrons. The fourth-order valence-corrected chi connectivity index (χ4v) is 2.38. The van der Waals surface area contributed by atoms with Crippen molar-refractivity contribution in [1.29, 1.82) is 0 Å². The molecule has 0 fully saturated rings. The number of rotatable bonds is 12. The highest BCUT2D eigenvalue weighted by Crippen LogP contribution is 2.07. The molecule has 1 aromatic rings. The molecule has 0 aliphatic rings. The summed E-state index contributed by atoms with van der Waals surface area (Å²) >= 11 is 0. The SMILES string of the molecule is COCC(Cn1cc(CCCCCCNC(C)(C)C)nn1)OC. The molecule has 0 aromatic carbocycles. The Morgan fingerprint density at radius 1 is 1.17 bits per heavy atom. The number of nitrogens with zero attached hydrogens (tertiary/aromatic N) is 3. The number of hydrogen-bond donors (Lipinski definition) is 1. The van der Waals surface area contributed by atoms with Crippen LogP contribution in [0.1, 0.15) is 52.1 Å². The van der Waals surface area contributed by atoms with Crippen LogP contribution < -0.4 is 5.32 Å². The Balaban J connectivity index is 2.14. The average molecular weight is 326 g/mol. The lowest BCUT2D eigenvalue weighted by molar-refractivity contribution is 0.0160. The first-order valence-corrected chi connectivity index (χ1v) is 8.60. The Labute approximate surface area is 140 Å². The van der Waals surface area contributed by atoms with E-state index in [0.29, 0.717) is 13.2 Å². The van der Waals surface area contributed by atoms with Gasteiger partial charge in [0.15, 0.2) is 0 Å². The smallest absolute Gasteiger partial charge is 0.1000 e. The number of methoxy groups -OCH3 is 2. The van der Waals surface area contributed by atoms with Crippen LogP contribution in [0.25, 0.3) is 0 Å². The molecule has 1 heterocycles. The number of unbranched alkanes of at least 4 members (excludes halogenated alkanes) is 3. The summed E-state index contributed by atoms with van der Waals surface area (Å²) in [7, 11) is 3.37. The molecule has 0 aliphatic heterocycles. The molecule has 6 heteroatoms. The second-order valence-corrected chi connectivity index (χ2v) is 7.09. The van der Waals surface area contributed by atoms with Crippen molar-refractivity contribution < 1.29 is 9.47 Å². The minimum Gasteiger partial charge on any atom is -0.382 e. The summed E-state index contributed by atoms with van der Waals surface area (Å²) in [5.41, 5.74) is 1.28. The van der Waals surface area contributed by atoms with Crippen LogP contribution in [0.5, 0.6) is 0 Å². The highest BCUT2D eigenvalue weighted by molar-refractivity contribution is 4.92. The summed E-state index contributed by atoms with van der Waals surface area (Å²) in [6.07, 6.45) is 7.93. The van der Waals surface area contributed by atoms with Gasteiger partial charge in [-0.25, -0.2) is 4.68 Å². The molecule has 1 aromatic heterocycles. The third-order valence-corrected chi connectivity index (χ3v) is 3.68. The first kappa shape index (κ1) is 20.1. The van der Waals surface area contributed by atoms with Gasteiger partial charge in [0.25, 0.3) is 0 Å². The lowest BCUT2D eigenvalue weighted by Gasteiger charge is -2.20. The molecular formula is C17H34N4O2. The second-order valence-electron chi connectivity index (χ2n) is 7.09. The third kappa shape index (κ3) is 9.69. The average Bonchev–Trinajstić information content (AvgIpc) is 2.92. The van der Waals surface area contributed by atoms with E-state index in [2.05, 4.69) is 36.4 Å². The fraction of sp³-hybridized carbons (Fsp3) is 0.882. The Morgan fingerprint density at radius 3 is 2.57 bits per heavy atom. The van der Waals surface area contributed by atoms with Crippen molar-refractivity contribution in [2.24, 2.45) is 0 Å². The van der Waals surface area contributed by atoms with E-state index in [9.17, 15) is 0 Å². The Bertz CT molecular complexity index is 415. The van der Waals surface area contributed by atoms with Gasteiger partial charge in [0, 0.05) is 26.0 Å². The van der Waals surface area contributed by atoms with E-state index in [1.165, 1.54) is 25.7 Å². The minimum absolute atomic E-state index is 0.0184. The van der Waals surface area contributed by atoms with Crippen LogP contribution in [0.15, 0.2) is 6.20 Å². The number of aromatic nitrogens is 3. The summed E-state index contributed by atoms with van der Waals surface area (Å²) in [6, 6.07) is 0. The molecule has 0 aliphatic carbocycles. The highest BCUT2D eigenvalue weighted by atomic mass is 16.5. The molecule has 0 bridgehead atoms. The standard InChI is InChI=1S/C17H34N4O2/c1-17(2,3)18-11-9-7-6-8-10-15-12-21(20-19-15)13-16(23-5)14-22-4/h12,16,18H,6-11,13-14H2,1-5H3. The maximum atomic E-state index is 5.34. The molecule has 6 nitrogen and oxygen atoms in total. The van der Waals surface area contributed by atoms with Gasteiger partial charge in [-0.3, -0.25) is 0 Å². The van der Waals surface area contributed by atoms with E-state index in [-0.39, 0.29) is 11.6 Å². The Hall–Kier alpha value is -0.980. The number of nitrogens with one attached hydrogen (secondary N) is 1. The van der Waals surface area contributed by atoms with Crippen LogP contribution in [0.2, 0.25) is 0 Å². The van der Waals surface area contributed by atoms with Crippen molar-refractivity contribution >= 4 is 0 Å². The van der Waals surface area contributed by atoms with Crippen LogP contribution in [0, 0.1) is 0 Å². The zero-order chi connectivity index (χ0) is 17.1. The molecule has 0 saturated heterocycles. The third-order valence-electron chi connectivity index (χ3n) is 3.68. The maximum Gasteiger partial charge on any atom is 0.1000 e. The summed E-state index contributed by atoms with van der Waals surface area (Å²) in [6.45, 7) is 8.95. The van der Waals surface area contributed by atoms with E-state index in [4.69, 9.17) is 9.47 Å². The van der Waals surface area contributed by atoms with E-state index in [1.54, 1.807) is 14.2 Å². The molecule has 1 atom stereocenters. The number of hydrogen-bond acceptors (Lipinski definition) is 5. The summed E-state index contributed by atoms with van der Waals surface area (Å²) in [5, 5.41) is 11.9. The van der Waals surface area contributed by atoms with Gasteiger partial charge in [-0.05, 0) is 46.6 Å². The lowest BCUT2D eigenvalue weighted by Crippen LogP contribution is -2.36. The van der Waals surface area contributed by atoms with Crippen LogP contribution in [0.3, 0.4) is 0 Å². The van der Waals surface area contributed by atoms with Gasteiger partial charge in [-0.2, -0.15) is 0 Å². The summed E-state index contributed by atoms with van der Waals surface area (Å²) in [5.74, 6) is 0. The van der Waals surface area contributed by atoms with E-state index in [0.717, 1.165) is 18.7 Å². The van der Waals surface area contributed by atoms with E-state index >= 15 is 0 Å². The van der Waals surface area contributed by atoms with Gasteiger partial charge in [0.2, 0.25) is 0 Å². The molecule has 1 N–H and O–H groups in total. The second kappa shape index (κ2) is 10.7. The zero-order valence-corrected chi connectivity index (χ0v) is 15.5. The monoisotopic (exact) mass is 326 g/mol. The van der Waals surface area contributed by atoms with E-state index in [1.807, 2.05) is 10.9 Å². The van der Waals surface area contributed by atoms with Crippen molar-refractivity contribution in [1.82, 2.24) is 20.3 Å². The van der Waals surface area contributed by atoms with Crippen LogP contribution in [-0.2, 0) is 22.4 Å². The summed E-state index contributed by atoms with van der Waals surface area (Å²) < 4.78 is 12.3. The van der Waals surface area contributed by atoms with Gasteiger partial charge >= 0.3 is 0 Å². The van der Waals surface area contributed by atoms with Gasteiger partial charge in [-0.15, -0.1) is 5.10 Å². The van der Waals surface area contributed by atoms with Crippen LogP contribution in [-0.4, -0.2) is 54.0 Å². The minimum atomic E-state index is 0.0184. The van der Waals surface area contributed by atoms with Crippen molar-refractivity contribution in [3.8, 4) is 0 Å². The van der Waals surface area contributed by atoms with Gasteiger partial charge in [-0.1, -0.05) is 18.1 Å². The number of ether oxygens (including phenoxy) is 2. The molecule has 0 spiro atoms. The largest absolute Gasteiger partial charge is 0.382 e. The van der Waals surface area contributed by atoms with Gasteiger partial charge in [0.1, 0.15) is 0 Å². The molecular weight excluding hydrogens is 292 g/mol. The van der Waals surface area contributed by atoms with Crippen molar-refractivity contribution in [2.45, 2.75) is 71.1 Å². The van der Waals surface area contributed by atoms with Crippen molar-refractivity contribution in [2.75, 3.05) is 27.4 Å². The maximum absolute atomic E-state index is 5.34. The zero-order valence-electron chi connectivity index (χ0n) is 15.5. The number of aryl methyl sites for hydroxylation is 1. The first-order valence-electron chi connectivity index (χ1n) is 8.60. The molecule has 0 saturated carbocycles. The van der Waals surface area contributed by atoms with Gasteiger partial charge in [0.05, 0.1) is 24.9 Å². The highest BCUT2D eigenvalue weighted by Gasteiger charge is 2.10. The normalized spacial score (nSPS) is 13.4. The molecule has 1 unspecified atom stereocenters. The molecule has 1 rings (SSSR count). The van der Waals surface area contributed by atoms with Crippen LogP contribution >= 0.6 is 0 Å². The predicted octanol–water partition coefficient (Wildman–Crippen LogP) is 2.43. The first-order chi connectivity index (χ1) is 10.9. The Morgan fingerprint density at radius 2 is 1.91 bits per heavy atom. The lowest BCUT2D eigenvalue weighted by atomic mass is 10.1. The molecule has 23 heavy (non-hydrogen) atoms. The summed E-state index contributed by atoms with van der Waals surface area (Å²) in [4.78, 5) is 0. The predicted molar refractivity (Wildman–Crippen MR) is 92.6 cm³/mol.